The number of ether oxygens (including phenoxy) is 1. The highest BCUT2D eigenvalue weighted by Crippen LogP contribution is 2.60. The maximum absolute atomic E-state index is 14.2. The number of imidazole rings is 1. The molecule has 11 nitrogen and oxygen atoms in total. The van der Waals surface area contributed by atoms with Gasteiger partial charge in [0.1, 0.15) is 17.6 Å². The fourth-order valence-electron chi connectivity index (χ4n) is 7.55. The number of rotatable bonds is 15. The minimum absolute atomic E-state index is 0.106. The Morgan fingerprint density at radius 2 is 1.86 bits per heavy atom. The third-order valence-electron chi connectivity index (χ3n) is 11.5. The molecule has 2 aromatic carbocycles. The minimum atomic E-state index is -1.10. The lowest BCUT2D eigenvalue weighted by molar-refractivity contribution is -0.135. The highest BCUT2D eigenvalue weighted by atomic mass is 35.5. The van der Waals surface area contributed by atoms with Gasteiger partial charge in [0, 0.05) is 37.8 Å². The number of halogens is 1. The van der Waals surface area contributed by atoms with Gasteiger partial charge in [-0.3, -0.25) is 19.1 Å². The lowest BCUT2D eigenvalue weighted by Crippen LogP contribution is -2.57. The van der Waals surface area contributed by atoms with Crippen LogP contribution in [0, 0.1) is 17.3 Å². The van der Waals surface area contributed by atoms with Crippen molar-refractivity contribution in [3.8, 4) is 0 Å². The second-order valence-electron chi connectivity index (χ2n) is 15.4. The third kappa shape index (κ3) is 7.15. The van der Waals surface area contributed by atoms with Gasteiger partial charge in [-0.05, 0) is 98.1 Å². The fraction of sp³-hybridized carbons (Fsp3) is 0.513. The van der Waals surface area contributed by atoms with Crippen LogP contribution >= 0.6 is 11.6 Å². The molecule has 3 saturated carbocycles. The van der Waals surface area contributed by atoms with E-state index in [-0.39, 0.29) is 41.6 Å². The Bertz CT molecular complexity index is 1930. The number of hydrogen-bond donors (Lipinski definition) is 4. The summed E-state index contributed by atoms with van der Waals surface area (Å²) in [6, 6.07) is 14.1. The van der Waals surface area contributed by atoms with Crippen LogP contribution in [-0.4, -0.2) is 63.8 Å². The molecule has 4 aromatic rings. The quantitative estimate of drug-likeness (QED) is 0.124. The predicted molar refractivity (Wildman–Crippen MR) is 195 cm³/mol. The lowest BCUT2D eigenvalue weighted by Gasteiger charge is -2.36. The van der Waals surface area contributed by atoms with Gasteiger partial charge in [-0.1, -0.05) is 49.2 Å². The van der Waals surface area contributed by atoms with Gasteiger partial charge >= 0.3 is 0 Å². The molecule has 3 aliphatic carbocycles. The Balaban J connectivity index is 1.22. The summed E-state index contributed by atoms with van der Waals surface area (Å²) in [6.07, 6.45) is 8.73. The standard InChI is InChI=1S/C39H48ClN7O4/c1-38(17-18-38)31(26-10-5-6-11-27(26)40)33(45-35(48)30-16-19-42-47(30)3)34-43-28-15-14-25(20-29(28)44-34)39(2,22-51-4)37(50)46-32(24-8-7-9-24)36(49)41-21-23-12-13-23/h5-6,10-11,14-16,19-20,23-24,31-33H,7-9,12-13,17-18,21-22H2,1-4H3,(H,41,49)(H,43,44)(H,45,48)(H,46,50)/t31-,32+,33-,39?/m0/s1. The largest absolute Gasteiger partial charge is 0.383 e. The number of aryl methyl sites for hydroxylation is 1. The van der Waals surface area contributed by atoms with Crippen LogP contribution in [0.4, 0.5) is 0 Å². The molecule has 51 heavy (non-hydrogen) atoms. The average molecular weight is 714 g/mol. The summed E-state index contributed by atoms with van der Waals surface area (Å²) < 4.78 is 7.19. The van der Waals surface area contributed by atoms with E-state index in [1.54, 1.807) is 31.1 Å². The molecule has 2 heterocycles. The number of amides is 3. The number of carbonyl (C=O) groups excluding carboxylic acids is 3. The molecule has 7 rings (SSSR count). The number of methoxy groups -OCH3 is 1. The molecule has 3 aliphatic rings. The van der Waals surface area contributed by atoms with Crippen molar-refractivity contribution in [2.24, 2.45) is 24.3 Å². The molecule has 12 heteroatoms. The molecule has 0 spiro atoms. The van der Waals surface area contributed by atoms with Crippen molar-refractivity contribution in [1.29, 1.82) is 0 Å². The van der Waals surface area contributed by atoms with Crippen LogP contribution in [0.25, 0.3) is 11.0 Å². The second kappa shape index (κ2) is 14.1. The van der Waals surface area contributed by atoms with E-state index in [1.807, 2.05) is 49.4 Å². The Morgan fingerprint density at radius 1 is 1.10 bits per heavy atom. The Morgan fingerprint density at radius 3 is 2.49 bits per heavy atom. The molecule has 1 unspecified atom stereocenters. The Hall–Kier alpha value is -4.22. The monoisotopic (exact) mass is 713 g/mol. The zero-order chi connectivity index (χ0) is 35.9. The normalized spacial score (nSPS) is 19.7. The van der Waals surface area contributed by atoms with Gasteiger partial charge in [-0.25, -0.2) is 4.98 Å². The summed E-state index contributed by atoms with van der Waals surface area (Å²) in [4.78, 5) is 49.9. The number of hydrogen-bond acceptors (Lipinski definition) is 6. The lowest BCUT2D eigenvalue weighted by atomic mass is 9.77. The summed E-state index contributed by atoms with van der Waals surface area (Å²) in [5, 5.41) is 14.4. The van der Waals surface area contributed by atoms with Crippen molar-refractivity contribution in [3.63, 3.8) is 0 Å². The van der Waals surface area contributed by atoms with Crippen LogP contribution in [0.3, 0.4) is 0 Å². The molecule has 270 valence electrons. The first-order valence-electron chi connectivity index (χ1n) is 18.1. The maximum Gasteiger partial charge on any atom is 0.270 e. The smallest absolute Gasteiger partial charge is 0.270 e. The molecule has 0 radical (unpaired) electrons. The van der Waals surface area contributed by atoms with E-state index in [9.17, 15) is 14.4 Å². The van der Waals surface area contributed by atoms with E-state index in [0.717, 1.165) is 56.1 Å². The zero-order valence-electron chi connectivity index (χ0n) is 29.8. The van der Waals surface area contributed by atoms with Crippen LogP contribution in [0.1, 0.15) is 98.2 Å². The molecular weight excluding hydrogens is 666 g/mol. The third-order valence-corrected chi connectivity index (χ3v) is 11.9. The van der Waals surface area contributed by atoms with Crippen molar-refractivity contribution in [3.05, 3.63) is 82.4 Å². The van der Waals surface area contributed by atoms with Gasteiger partial charge in [0.05, 0.1) is 29.1 Å². The summed E-state index contributed by atoms with van der Waals surface area (Å²) in [5.74, 6) is 0.443. The summed E-state index contributed by atoms with van der Waals surface area (Å²) >= 11 is 6.84. The van der Waals surface area contributed by atoms with Crippen molar-refractivity contribution >= 4 is 40.4 Å². The van der Waals surface area contributed by atoms with Crippen LogP contribution in [0.15, 0.2) is 54.7 Å². The fourth-order valence-corrected chi connectivity index (χ4v) is 7.80. The van der Waals surface area contributed by atoms with Crippen LogP contribution < -0.4 is 16.0 Å². The van der Waals surface area contributed by atoms with Gasteiger partial charge in [0.2, 0.25) is 11.8 Å². The van der Waals surface area contributed by atoms with E-state index < -0.39 is 17.5 Å². The highest BCUT2D eigenvalue weighted by Gasteiger charge is 2.51. The van der Waals surface area contributed by atoms with E-state index in [2.05, 4.69) is 33.0 Å². The molecule has 4 N–H and O–H groups in total. The summed E-state index contributed by atoms with van der Waals surface area (Å²) in [5.41, 5.74) is 2.30. The second-order valence-corrected chi connectivity index (χ2v) is 15.8. The van der Waals surface area contributed by atoms with Crippen molar-refractivity contribution in [2.45, 2.75) is 82.2 Å². The predicted octanol–water partition coefficient (Wildman–Crippen LogP) is 5.72. The molecule has 0 saturated heterocycles. The number of carbonyl (C=O) groups is 3. The average Bonchev–Trinajstić information content (AvgIpc) is 3.97. The number of benzene rings is 2. The first-order chi connectivity index (χ1) is 24.5. The molecule has 0 bridgehead atoms. The van der Waals surface area contributed by atoms with E-state index in [0.29, 0.717) is 40.0 Å². The number of aromatic amines is 1. The van der Waals surface area contributed by atoms with Gasteiger partial charge in [-0.15, -0.1) is 0 Å². The first kappa shape index (κ1) is 35.2. The van der Waals surface area contributed by atoms with Crippen LogP contribution in [-0.2, 0) is 26.8 Å². The number of nitrogens with one attached hydrogen (secondary N) is 4. The molecular formula is C39H48ClN7O4. The molecule has 3 amide bonds. The van der Waals surface area contributed by atoms with E-state index >= 15 is 0 Å². The topological polar surface area (TPSA) is 143 Å². The Labute approximate surface area is 303 Å². The van der Waals surface area contributed by atoms with Crippen molar-refractivity contribution in [1.82, 2.24) is 35.7 Å². The number of aromatic nitrogens is 4. The first-order valence-corrected chi connectivity index (χ1v) is 18.5. The van der Waals surface area contributed by atoms with Crippen molar-refractivity contribution < 1.29 is 19.1 Å². The van der Waals surface area contributed by atoms with Crippen molar-refractivity contribution in [2.75, 3.05) is 20.3 Å². The SMILES string of the molecule is COCC(C)(C(=O)N[C@@H](C(=O)NCC1CC1)C1CCC1)c1ccc2nc([C@@H](NC(=O)c3ccnn3C)[C@H](c3ccccc3Cl)C3(C)CC3)[nH]c2c1. The molecule has 0 aliphatic heterocycles. The van der Waals surface area contributed by atoms with E-state index in [1.165, 1.54) is 0 Å². The zero-order valence-corrected chi connectivity index (χ0v) is 30.6. The highest BCUT2D eigenvalue weighted by molar-refractivity contribution is 6.31. The molecule has 2 aromatic heterocycles. The summed E-state index contributed by atoms with van der Waals surface area (Å²) in [6.45, 7) is 4.85. The maximum atomic E-state index is 14.2. The minimum Gasteiger partial charge on any atom is -0.383 e. The Kier molecular flexibility index (Phi) is 9.71. The van der Waals surface area contributed by atoms with Crippen LogP contribution in [0.5, 0.6) is 0 Å². The van der Waals surface area contributed by atoms with Gasteiger partial charge in [0.15, 0.2) is 0 Å². The number of H-pyrrole nitrogens is 1. The van der Waals surface area contributed by atoms with Gasteiger partial charge in [-0.2, -0.15) is 5.10 Å². The van der Waals surface area contributed by atoms with E-state index in [4.69, 9.17) is 21.3 Å². The van der Waals surface area contributed by atoms with Gasteiger partial charge < -0.3 is 25.7 Å². The molecule has 3 fully saturated rings. The molecule has 4 atom stereocenters. The summed E-state index contributed by atoms with van der Waals surface area (Å²) in [7, 11) is 3.32. The van der Waals surface area contributed by atoms with Gasteiger partial charge in [0.25, 0.3) is 5.91 Å². The number of nitrogens with zero attached hydrogens (tertiary/aromatic N) is 3. The van der Waals surface area contributed by atoms with Crippen LogP contribution in [0.2, 0.25) is 5.02 Å². The number of fused-ring (bicyclic) bond motifs is 1.